The topological polar surface area (TPSA) is 419 Å². The van der Waals surface area contributed by atoms with Crippen LogP contribution in [0.3, 0.4) is 0 Å². The minimum Gasteiger partial charge on any atom is -0.505 e. The van der Waals surface area contributed by atoms with Gasteiger partial charge in [-0.25, -0.2) is 0 Å². The minimum absolute atomic E-state index is 0.0482. The van der Waals surface area contributed by atoms with Crippen molar-refractivity contribution in [1.82, 2.24) is 5.43 Å². The van der Waals surface area contributed by atoms with Crippen molar-refractivity contribution in [3.05, 3.63) is 143 Å². The van der Waals surface area contributed by atoms with Crippen molar-refractivity contribution in [2.24, 2.45) is 46.0 Å². The highest BCUT2D eigenvalue weighted by atomic mass is 32.2. The third kappa shape index (κ3) is 11.9. The molecule has 32 heteroatoms. The summed E-state index contributed by atoms with van der Waals surface area (Å²) in [5.74, 6) is -0.659. The van der Waals surface area contributed by atoms with Crippen LogP contribution in [0.15, 0.2) is 186 Å². The van der Waals surface area contributed by atoms with Crippen LogP contribution in [-0.2, 0) is 50.6 Å². The number of phenolic OH excluding ortho intramolecular Hbond substituents is 1. The summed E-state index contributed by atoms with van der Waals surface area (Å²) in [6.45, 7) is 5.12. The van der Waals surface area contributed by atoms with Crippen LogP contribution < -0.4 is 10.5 Å². The van der Waals surface area contributed by atoms with Gasteiger partial charge in [-0.15, -0.1) is 10.2 Å². The molecular weight excluding hydrogens is 1130 g/mol. The summed E-state index contributed by atoms with van der Waals surface area (Å²) in [4.78, 5) is -4.06. The van der Waals surface area contributed by atoms with Gasteiger partial charge in [-0.2, -0.15) is 88.4 Å². The molecule has 1 aliphatic heterocycles. The molecule has 0 saturated heterocycles. The highest BCUT2D eigenvalue weighted by Crippen LogP contribution is 2.44. The van der Waals surface area contributed by atoms with Crippen LogP contribution in [0.2, 0.25) is 0 Å². The van der Waals surface area contributed by atoms with Crippen LogP contribution >= 0.6 is 0 Å². The summed E-state index contributed by atoms with van der Waals surface area (Å²) in [7, 11) is -24.7. The maximum absolute atomic E-state index is 12.7. The Morgan fingerprint density at radius 2 is 0.962 bits per heavy atom. The fourth-order valence-electron chi connectivity index (χ4n) is 8.01. The predicted molar refractivity (Wildman–Crippen MR) is 283 cm³/mol. The monoisotopic (exact) mass is 1170 g/mol. The van der Waals surface area contributed by atoms with Gasteiger partial charge in [0, 0.05) is 16.5 Å². The van der Waals surface area contributed by atoms with Crippen molar-refractivity contribution in [2.45, 2.75) is 51.3 Å². The van der Waals surface area contributed by atoms with Crippen LogP contribution in [0.1, 0.15) is 27.8 Å². The van der Waals surface area contributed by atoms with Gasteiger partial charge >= 0.3 is 0 Å². The number of aromatic hydroxyl groups is 1. The van der Waals surface area contributed by atoms with E-state index in [1.54, 1.807) is 63.2 Å². The van der Waals surface area contributed by atoms with Crippen molar-refractivity contribution >= 4 is 124 Å². The van der Waals surface area contributed by atoms with E-state index in [-0.39, 0.29) is 50.4 Å². The van der Waals surface area contributed by atoms with E-state index >= 15 is 0 Å². The molecule has 0 amide bonds. The van der Waals surface area contributed by atoms with Crippen LogP contribution in [0.5, 0.6) is 5.75 Å². The van der Waals surface area contributed by atoms with Gasteiger partial charge in [0.2, 0.25) is 0 Å². The first kappa shape index (κ1) is 55.5. The van der Waals surface area contributed by atoms with Crippen molar-refractivity contribution in [1.29, 1.82) is 0 Å². The second-order valence-electron chi connectivity index (χ2n) is 17.3. The second-order valence-corrected chi connectivity index (χ2v) is 24.4. The van der Waals surface area contributed by atoms with Gasteiger partial charge in [-0.3, -0.25) is 22.8 Å². The zero-order chi connectivity index (χ0) is 57.1. The molecule has 1 aliphatic carbocycles. The third-order valence-electron chi connectivity index (χ3n) is 11.9. The summed E-state index contributed by atoms with van der Waals surface area (Å²) < 4.78 is 170. The fourth-order valence-corrected chi connectivity index (χ4v) is 11.2. The van der Waals surface area contributed by atoms with Crippen molar-refractivity contribution in [2.75, 3.05) is 5.12 Å². The maximum atomic E-state index is 12.7. The lowest BCUT2D eigenvalue weighted by Gasteiger charge is -2.20. The molecule has 0 aromatic heterocycles. The largest absolute Gasteiger partial charge is 0.505 e. The molecule has 406 valence electrons. The molecule has 7 N–H and O–H groups in total. The summed E-state index contributed by atoms with van der Waals surface area (Å²) in [6, 6.07) is 23.0. The van der Waals surface area contributed by atoms with Gasteiger partial charge < -0.3 is 5.11 Å². The molecular formula is C47H37N11O16S5. The predicted octanol–water partition coefficient (Wildman–Crippen LogP) is 10.5. The van der Waals surface area contributed by atoms with Crippen molar-refractivity contribution in [3.8, 4) is 5.75 Å². The van der Waals surface area contributed by atoms with E-state index in [1.165, 1.54) is 47.6 Å². The molecule has 0 spiro atoms. The molecule has 7 aromatic carbocycles. The minimum atomic E-state index is -5.06. The molecule has 27 nitrogen and oxygen atoms in total. The molecule has 0 fully saturated rings. The number of azo groups is 4. The quantitative estimate of drug-likeness (QED) is 0.0393. The lowest BCUT2D eigenvalue weighted by Crippen LogP contribution is -2.38. The van der Waals surface area contributed by atoms with E-state index in [0.29, 0.717) is 51.6 Å². The van der Waals surface area contributed by atoms with E-state index in [4.69, 9.17) is 0 Å². The number of hydrogen-bond donors (Lipinski definition) is 7. The summed E-state index contributed by atoms with van der Waals surface area (Å²) in [5, 5.41) is 50.5. The standard InChI is InChI=1S/C47H37N11O16S5/c1-24-16-28(4-11-37(24)51-50-30-6-12-38(25(2)18-30)52-54-40-14-8-32(75(60,61)62)22-43(40)78(69,70)71)48-49-29-5-13-39(26(3)17-29)53-55-46-44(79(72,73)74)20-27-19-31(7-9-34(27)47(46)59)58-56-41-15-10-35-36(45(41)57-58)21-33(76(63,64)65)23-42(35)77(66,67)68/h4-23,41,56,59H,1-3H3,(H,60,61,62)(H,63,64,65)(H,66,67,68)(H,69,70,71)(H,72,73,74)/b49-48?,51-50-,54-52-,55-53-. The van der Waals surface area contributed by atoms with E-state index in [9.17, 15) is 70.0 Å². The van der Waals surface area contributed by atoms with Crippen LogP contribution in [0.4, 0.5) is 51.2 Å². The van der Waals surface area contributed by atoms with Gasteiger partial charge in [0.15, 0.2) is 5.75 Å². The molecule has 0 bridgehead atoms. The van der Waals surface area contributed by atoms with Gasteiger partial charge in [-0.05, 0) is 152 Å². The lowest BCUT2D eigenvalue weighted by molar-refractivity contribution is 0.472. The molecule has 2 aliphatic rings. The Kier molecular flexibility index (Phi) is 14.4. The van der Waals surface area contributed by atoms with Crippen molar-refractivity contribution in [3.63, 3.8) is 0 Å². The van der Waals surface area contributed by atoms with E-state index in [0.717, 1.165) is 24.3 Å². The normalized spacial score (nSPS) is 15.3. The Hall–Kier alpha value is -8.28. The van der Waals surface area contributed by atoms with E-state index in [2.05, 4.69) is 51.4 Å². The van der Waals surface area contributed by atoms with Crippen molar-refractivity contribution < 1.29 is 70.0 Å². The first-order valence-corrected chi connectivity index (χ1v) is 29.4. The molecule has 0 radical (unpaired) electrons. The number of hydrazine groups is 1. The summed E-state index contributed by atoms with van der Waals surface area (Å²) in [5.41, 5.74) is 6.24. The summed E-state index contributed by atoms with van der Waals surface area (Å²) in [6.07, 6.45) is 2.80. The highest BCUT2D eigenvalue weighted by Gasteiger charge is 2.35. The van der Waals surface area contributed by atoms with Gasteiger partial charge in [0.25, 0.3) is 50.6 Å². The number of nitrogens with one attached hydrogen (secondary N) is 1. The zero-order valence-corrected chi connectivity index (χ0v) is 44.5. The molecule has 1 heterocycles. The number of benzene rings is 7. The Balaban J connectivity index is 0.891. The van der Waals surface area contributed by atoms with Gasteiger partial charge in [0.05, 0.1) is 61.4 Å². The van der Waals surface area contributed by atoms with Crippen LogP contribution in [0.25, 0.3) is 16.8 Å². The molecule has 9 rings (SSSR count). The summed E-state index contributed by atoms with van der Waals surface area (Å²) >= 11 is 0. The number of hydrazone groups is 1. The first-order chi connectivity index (χ1) is 36.9. The lowest BCUT2D eigenvalue weighted by atomic mass is 9.92. The van der Waals surface area contributed by atoms with Crippen LogP contribution in [-0.4, -0.2) is 81.7 Å². The molecule has 1 atom stereocenters. The Labute approximate surface area is 448 Å². The molecule has 7 aromatic rings. The molecule has 0 saturated carbocycles. The second kappa shape index (κ2) is 20.5. The highest BCUT2D eigenvalue weighted by molar-refractivity contribution is 7.87. The van der Waals surface area contributed by atoms with E-state index < -0.39 is 92.5 Å². The SMILES string of the molecule is Cc1cc(N=Nc2ccc(/N=N\c3c(S(=O)(=O)O)cc4cc(N5N=C6c7cc(S(=O)(=O)O)cc(S(=O)(=O)O)c7C=CC6N5)ccc4c3O)c(C)c2)ccc1/N=N\c1ccc(/N=N\c2ccc(S(=O)(=O)O)cc2S(=O)(=O)O)c(C)c1. The fraction of sp³-hybridized carbons (Fsp3) is 0.0851. The Morgan fingerprint density at radius 3 is 1.48 bits per heavy atom. The third-order valence-corrected chi connectivity index (χ3v) is 16.2. The average molecular weight is 1170 g/mol. The Bertz CT molecular complexity index is 4570. The number of fused-ring (bicyclic) bond motifs is 4. The maximum Gasteiger partial charge on any atom is 0.296 e. The van der Waals surface area contributed by atoms with Gasteiger partial charge in [0.1, 0.15) is 26.1 Å². The number of aryl methyl sites for hydroxylation is 3. The molecule has 1 unspecified atom stereocenters. The molecule has 79 heavy (non-hydrogen) atoms. The number of anilines is 1. The average Bonchev–Trinajstić information content (AvgIpc) is 3.92. The number of hydrogen-bond acceptors (Lipinski definition) is 22. The van der Waals surface area contributed by atoms with E-state index in [1.807, 2.05) is 0 Å². The Morgan fingerprint density at radius 1 is 0.481 bits per heavy atom. The number of rotatable bonds is 14. The first-order valence-electron chi connectivity index (χ1n) is 22.2. The van der Waals surface area contributed by atoms with Crippen LogP contribution in [0, 0.1) is 20.8 Å². The smallest absolute Gasteiger partial charge is 0.296 e. The number of nitrogens with zero attached hydrogens (tertiary/aromatic N) is 10. The zero-order valence-electron chi connectivity index (χ0n) is 40.4. The van der Waals surface area contributed by atoms with Gasteiger partial charge in [-0.1, -0.05) is 12.2 Å². The number of phenols is 1.